The Morgan fingerprint density at radius 1 is 1.08 bits per heavy atom. The van der Waals surface area contributed by atoms with Gasteiger partial charge in [-0.1, -0.05) is 42.5 Å². The summed E-state index contributed by atoms with van der Waals surface area (Å²) in [7, 11) is 0. The fourth-order valence-corrected chi connectivity index (χ4v) is 4.68. The van der Waals surface area contributed by atoms with E-state index in [0.717, 1.165) is 10.8 Å². The van der Waals surface area contributed by atoms with E-state index in [1.807, 2.05) is 30.3 Å². The quantitative estimate of drug-likeness (QED) is 0.354. The molecule has 3 aromatic rings. The fraction of sp³-hybridized carbons (Fsp3) is 0.321. The Hall–Kier alpha value is -3.86. The highest BCUT2D eigenvalue weighted by Gasteiger charge is 2.34. The number of halogens is 1. The first-order valence-electron chi connectivity index (χ1n) is 12.5. The van der Waals surface area contributed by atoms with Gasteiger partial charge in [-0.25, -0.2) is 9.18 Å². The predicted octanol–water partition coefficient (Wildman–Crippen LogP) is 3.95. The van der Waals surface area contributed by atoms with E-state index in [9.17, 15) is 24.0 Å². The number of fused-ring (bicyclic) bond motifs is 1. The largest absolute Gasteiger partial charge is 0.756 e. The maximum absolute atomic E-state index is 14.8. The lowest BCUT2D eigenvalue weighted by atomic mass is 10.0. The van der Waals surface area contributed by atoms with Crippen LogP contribution < -0.4 is 10.2 Å². The van der Waals surface area contributed by atoms with E-state index in [0.29, 0.717) is 30.8 Å². The summed E-state index contributed by atoms with van der Waals surface area (Å²) >= 11 is 0. The highest BCUT2D eigenvalue weighted by Crippen LogP contribution is 2.28. The summed E-state index contributed by atoms with van der Waals surface area (Å²) in [5.41, 5.74) is 1.14. The maximum Gasteiger partial charge on any atom is 0.414 e. The van der Waals surface area contributed by atoms with Gasteiger partial charge in [0.1, 0.15) is 11.9 Å². The van der Waals surface area contributed by atoms with Gasteiger partial charge in [-0.3, -0.25) is 14.5 Å². The van der Waals surface area contributed by atoms with Crippen LogP contribution in [-0.2, 0) is 14.3 Å². The number of nitrogens with one attached hydrogen (secondary N) is 1. The summed E-state index contributed by atoms with van der Waals surface area (Å²) in [6.45, 7) is 1.28. The minimum Gasteiger partial charge on any atom is -0.756 e. The van der Waals surface area contributed by atoms with E-state index >= 15 is 0 Å². The molecule has 0 spiro atoms. The van der Waals surface area contributed by atoms with Gasteiger partial charge in [0.2, 0.25) is 5.91 Å². The number of carbonyl (C=O) groups excluding carboxylic acids is 3. The van der Waals surface area contributed by atoms with Crippen LogP contribution in [0.3, 0.4) is 0 Å². The molecule has 1 N–H and O–H groups in total. The van der Waals surface area contributed by atoms with Crippen LogP contribution in [0.15, 0.2) is 60.7 Å². The first kappa shape index (κ1) is 25.8. The molecular formula is C28H27FN3O6-. The number of rotatable bonds is 8. The Kier molecular flexibility index (Phi) is 7.64. The van der Waals surface area contributed by atoms with Gasteiger partial charge in [-0.05, 0) is 29.0 Å². The zero-order chi connectivity index (χ0) is 26.6. The maximum atomic E-state index is 14.8. The third-order valence-electron chi connectivity index (χ3n) is 6.73. The Balaban J connectivity index is 1.14. The molecule has 2 aliphatic heterocycles. The number of morpholine rings is 1. The van der Waals surface area contributed by atoms with Gasteiger partial charge >= 0.3 is 6.09 Å². The van der Waals surface area contributed by atoms with Crippen molar-refractivity contribution >= 4 is 34.2 Å². The number of hydrogen-bond donors (Lipinski definition) is 1. The summed E-state index contributed by atoms with van der Waals surface area (Å²) < 4.78 is 25.6. The first-order valence-corrected chi connectivity index (χ1v) is 12.5. The number of amides is 2. The Morgan fingerprint density at radius 3 is 2.66 bits per heavy atom. The molecule has 2 amide bonds. The standard InChI is InChI=1S/C28H27FN3O6/c29-24-14-21(7-8-23(24)26-15-30-11-12-37-26)31-16-22(38-28(31)35)17-32(36)27(34)10-9-25(33)20-6-5-18-3-1-2-4-19(18)13-20/h1-8,13-14,22,26,30H,9-12,15-17H2/q-1/t22-,26?/m0/s1. The minimum atomic E-state index is -0.881. The number of benzene rings is 3. The molecule has 9 nitrogen and oxygen atoms in total. The van der Waals surface area contributed by atoms with Crippen LogP contribution in [0.1, 0.15) is 34.9 Å². The van der Waals surface area contributed by atoms with E-state index in [1.165, 1.54) is 11.0 Å². The van der Waals surface area contributed by atoms with Crippen molar-refractivity contribution in [2.24, 2.45) is 0 Å². The zero-order valence-electron chi connectivity index (χ0n) is 20.6. The summed E-state index contributed by atoms with van der Waals surface area (Å²) in [6, 6.07) is 17.3. The van der Waals surface area contributed by atoms with Crippen molar-refractivity contribution in [3.05, 3.63) is 82.8 Å². The molecule has 10 heteroatoms. The number of ketones is 1. The molecule has 3 aromatic carbocycles. The van der Waals surface area contributed by atoms with Crippen LogP contribution in [0.2, 0.25) is 0 Å². The van der Waals surface area contributed by atoms with Crippen molar-refractivity contribution in [3.63, 3.8) is 0 Å². The Morgan fingerprint density at radius 2 is 1.89 bits per heavy atom. The van der Waals surface area contributed by atoms with Crippen LogP contribution in [0, 0.1) is 11.0 Å². The molecule has 2 fully saturated rings. The van der Waals surface area contributed by atoms with E-state index in [-0.39, 0.29) is 42.5 Å². The topological polar surface area (TPSA) is 111 Å². The second-order valence-electron chi connectivity index (χ2n) is 9.33. The molecule has 2 aliphatic rings. The van der Waals surface area contributed by atoms with E-state index in [1.54, 1.807) is 24.3 Å². The van der Waals surface area contributed by atoms with Crippen LogP contribution >= 0.6 is 0 Å². The van der Waals surface area contributed by atoms with Crippen molar-refractivity contribution in [3.8, 4) is 0 Å². The highest BCUT2D eigenvalue weighted by atomic mass is 19.1. The highest BCUT2D eigenvalue weighted by molar-refractivity contribution is 6.01. The van der Waals surface area contributed by atoms with Crippen molar-refractivity contribution in [2.75, 3.05) is 37.7 Å². The lowest BCUT2D eigenvalue weighted by Crippen LogP contribution is -2.35. The number of ether oxygens (including phenoxy) is 2. The molecule has 0 aromatic heterocycles. The lowest BCUT2D eigenvalue weighted by molar-refractivity contribution is -0.129. The van der Waals surface area contributed by atoms with Crippen LogP contribution in [0.4, 0.5) is 14.9 Å². The SMILES string of the molecule is O=C(CCC(=O)N([O-])C[C@@H]1CN(c2ccc(C3CNCCO3)c(F)c2)C(=O)O1)c1ccc2ccccc2c1. The van der Waals surface area contributed by atoms with E-state index in [2.05, 4.69) is 5.32 Å². The van der Waals surface area contributed by atoms with Crippen molar-refractivity contribution in [1.29, 1.82) is 0 Å². The van der Waals surface area contributed by atoms with Gasteiger partial charge in [-0.2, -0.15) is 0 Å². The van der Waals surface area contributed by atoms with E-state index in [4.69, 9.17) is 9.47 Å². The van der Waals surface area contributed by atoms with Gasteiger partial charge < -0.3 is 25.1 Å². The lowest BCUT2D eigenvalue weighted by Gasteiger charge is -2.30. The second kappa shape index (κ2) is 11.3. The third kappa shape index (κ3) is 5.67. The summed E-state index contributed by atoms with van der Waals surface area (Å²) in [4.78, 5) is 38.6. The Labute approximate surface area is 218 Å². The van der Waals surface area contributed by atoms with E-state index < -0.39 is 30.0 Å². The van der Waals surface area contributed by atoms with Crippen LogP contribution in [0.25, 0.3) is 10.8 Å². The van der Waals surface area contributed by atoms with Crippen molar-refractivity contribution < 1.29 is 28.2 Å². The molecule has 2 heterocycles. The predicted molar refractivity (Wildman–Crippen MR) is 138 cm³/mol. The molecule has 2 atom stereocenters. The summed E-state index contributed by atoms with van der Waals surface area (Å²) in [5, 5.41) is 17.7. The zero-order valence-corrected chi connectivity index (χ0v) is 20.6. The number of nitrogens with zero attached hydrogens (tertiary/aromatic N) is 2. The number of cyclic esters (lactones) is 1. The molecule has 1 unspecified atom stereocenters. The molecule has 0 aliphatic carbocycles. The first-order chi connectivity index (χ1) is 18.4. The van der Waals surface area contributed by atoms with Gasteiger partial charge in [0.15, 0.2) is 5.78 Å². The van der Waals surface area contributed by atoms with Crippen molar-refractivity contribution in [2.45, 2.75) is 25.0 Å². The van der Waals surface area contributed by atoms with Crippen LogP contribution in [0.5, 0.6) is 0 Å². The smallest absolute Gasteiger partial charge is 0.414 e. The van der Waals surface area contributed by atoms with Gasteiger partial charge in [0.25, 0.3) is 0 Å². The summed E-state index contributed by atoms with van der Waals surface area (Å²) in [6.07, 6.45) is -2.40. The normalized spacial score (nSPS) is 19.4. The average molecular weight is 521 g/mol. The van der Waals surface area contributed by atoms with Gasteiger partial charge in [0, 0.05) is 43.6 Å². The monoisotopic (exact) mass is 520 g/mol. The fourth-order valence-electron chi connectivity index (χ4n) is 4.68. The average Bonchev–Trinajstić information content (AvgIpc) is 3.31. The second-order valence-corrected chi connectivity index (χ2v) is 9.33. The third-order valence-corrected chi connectivity index (χ3v) is 6.73. The number of Topliss-reactive ketones (excluding diaryl/α,β-unsaturated/α-hetero) is 1. The van der Waals surface area contributed by atoms with Crippen molar-refractivity contribution in [1.82, 2.24) is 10.4 Å². The molecular weight excluding hydrogens is 493 g/mol. The number of carbonyl (C=O) groups is 3. The van der Waals surface area contributed by atoms with Gasteiger partial charge in [-0.15, -0.1) is 0 Å². The molecule has 0 saturated carbocycles. The molecule has 5 rings (SSSR count). The van der Waals surface area contributed by atoms with Gasteiger partial charge in [0.05, 0.1) is 24.9 Å². The number of hydroxylamine groups is 2. The molecule has 38 heavy (non-hydrogen) atoms. The number of anilines is 1. The summed E-state index contributed by atoms with van der Waals surface area (Å²) in [5.74, 6) is -1.52. The minimum absolute atomic E-state index is 0.0128. The van der Waals surface area contributed by atoms with Crippen LogP contribution in [-0.4, -0.2) is 61.7 Å². The number of hydrogen-bond acceptors (Lipinski definition) is 7. The molecule has 0 bridgehead atoms. The molecule has 198 valence electrons. The molecule has 2 saturated heterocycles. The molecule has 0 radical (unpaired) electrons. The Bertz CT molecular complexity index is 1360.